The van der Waals surface area contributed by atoms with Crippen molar-refractivity contribution in [3.8, 4) is 35.3 Å². The van der Waals surface area contributed by atoms with Gasteiger partial charge in [0.2, 0.25) is 0 Å². The summed E-state index contributed by atoms with van der Waals surface area (Å²) in [4.78, 5) is 8.40. The van der Waals surface area contributed by atoms with Crippen LogP contribution in [0.25, 0.3) is 29.3 Å². The Hall–Kier alpha value is -1.71. The van der Waals surface area contributed by atoms with Gasteiger partial charge in [-0.3, -0.25) is 0 Å². The average molecular weight is 356 g/mol. The van der Waals surface area contributed by atoms with Crippen LogP contribution in [0.15, 0.2) is 53.9 Å². The first-order valence-electron chi connectivity index (χ1n) is 6.58. The molecular weight excluding hydrogens is 346 g/mol. The molecule has 0 aliphatic carbocycles. The third-order valence-corrected chi connectivity index (χ3v) is 7.80. The van der Waals surface area contributed by atoms with Gasteiger partial charge in [0.25, 0.3) is 0 Å². The van der Waals surface area contributed by atoms with Crippen molar-refractivity contribution in [1.82, 2.24) is 0 Å². The second-order valence-electron chi connectivity index (χ2n) is 4.58. The van der Waals surface area contributed by atoms with Crippen molar-refractivity contribution >= 4 is 45.3 Å². The molecule has 0 N–H and O–H groups in total. The number of thiophene rings is 4. The van der Waals surface area contributed by atoms with Crippen LogP contribution in [-0.4, -0.2) is 0 Å². The zero-order chi connectivity index (χ0) is 14.9. The molecule has 0 amide bonds. The number of nitriles is 1. The summed E-state index contributed by atoms with van der Waals surface area (Å²) in [5, 5.41) is 11.1. The molecule has 4 heterocycles. The maximum Gasteiger partial charge on any atom is 0.110 e. The van der Waals surface area contributed by atoms with Gasteiger partial charge in [-0.25, -0.2) is 0 Å². The van der Waals surface area contributed by atoms with E-state index in [0.717, 1.165) is 4.88 Å². The summed E-state index contributed by atoms with van der Waals surface area (Å²) >= 11 is 6.95. The van der Waals surface area contributed by atoms with Crippen LogP contribution in [0.1, 0.15) is 4.88 Å². The predicted molar refractivity (Wildman–Crippen MR) is 99.0 cm³/mol. The molecule has 1 nitrogen and oxygen atoms in total. The maximum atomic E-state index is 8.94. The van der Waals surface area contributed by atoms with Gasteiger partial charge in [-0.05, 0) is 47.8 Å². The van der Waals surface area contributed by atoms with Gasteiger partial charge in [-0.15, -0.1) is 45.3 Å². The molecule has 0 unspecified atom stereocenters. The standard InChI is InChI=1S/C17H9NS4/c18-10-11-3-4-14(20-11)15-7-8-17(22-15)16-6-5-13(21-16)12-2-1-9-19-12/h1-9H. The minimum absolute atomic E-state index is 0.765. The molecule has 0 saturated heterocycles. The van der Waals surface area contributed by atoms with Crippen molar-refractivity contribution in [3.63, 3.8) is 0 Å². The van der Waals surface area contributed by atoms with Crippen molar-refractivity contribution in [3.05, 3.63) is 58.8 Å². The minimum atomic E-state index is 0.765. The molecular formula is C17H9NS4. The average Bonchev–Trinajstić information content (AvgIpc) is 3.33. The first-order valence-corrected chi connectivity index (χ1v) is 9.90. The van der Waals surface area contributed by atoms with E-state index >= 15 is 0 Å². The first kappa shape index (κ1) is 13.9. The summed E-state index contributed by atoms with van der Waals surface area (Å²) in [6.07, 6.45) is 0. The highest BCUT2D eigenvalue weighted by molar-refractivity contribution is 7.28. The van der Waals surface area contributed by atoms with Crippen LogP contribution in [0.3, 0.4) is 0 Å². The van der Waals surface area contributed by atoms with E-state index in [1.807, 2.05) is 23.5 Å². The van der Waals surface area contributed by atoms with Gasteiger partial charge in [-0.1, -0.05) is 6.07 Å². The lowest BCUT2D eigenvalue weighted by atomic mass is 10.3. The fourth-order valence-electron chi connectivity index (χ4n) is 2.15. The van der Waals surface area contributed by atoms with Gasteiger partial charge in [0.15, 0.2) is 0 Å². The Morgan fingerprint density at radius 2 is 1.18 bits per heavy atom. The molecule has 0 aromatic carbocycles. The SMILES string of the molecule is N#Cc1ccc(-c2ccc(-c3ccc(-c4cccs4)s3)s2)s1. The lowest BCUT2D eigenvalue weighted by Crippen LogP contribution is -1.58. The molecule has 4 aromatic heterocycles. The highest BCUT2D eigenvalue weighted by atomic mass is 32.1. The second kappa shape index (κ2) is 5.82. The van der Waals surface area contributed by atoms with E-state index in [0.29, 0.717) is 0 Å². The van der Waals surface area contributed by atoms with E-state index in [-0.39, 0.29) is 0 Å². The zero-order valence-electron chi connectivity index (χ0n) is 11.3. The van der Waals surface area contributed by atoms with Gasteiger partial charge >= 0.3 is 0 Å². The van der Waals surface area contributed by atoms with Crippen LogP contribution < -0.4 is 0 Å². The maximum absolute atomic E-state index is 8.94. The van der Waals surface area contributed by atoms with Gasteiger partial charge in [0.1, 0.15) is 10.9 Å². The second-order valence-corrected chi connectivity index (χ2v) is 8.78. The van der Waals surface area contributed by atoms with Crippen molar-refractivity contribution < 1.29 is 0 Å². The molecule has 5 heteroatoms. The molecule has 0 bridgehead atoms. The molecule has 0 spiro atoms. The first-order chi connectivity index (χ1) is 10.8. The molecule has 22 heavy (non-hydrogen) atoms. The van der Waals surface area contributed by atoms with Gasteiger partial charge in [0.05, 0.1) is 0 Å². The Morgan fingerprint density at radius 3 is 1.68 bits per heavy atom. The molecule has 0 aliphatic rings. The van der Waals surface area contributed by atoms with Gasteiger partial charge in [0, 0.05) is 29.3 Å². The Labute approximate surface area is 144 Å². The number of rotatable bonds is 3. The van der Waals surface area contributed by atoms with Crippen LogP contribution >= 0.6 is 45.3 Å². The van der Waals surface area contributed by atoms with Crippen LogP contribution in [0, 0.1) is 11.3 Å². The molecule has 0 fully saturated rings. The molecule has 0 aliphatic heterocycles. The van der Waals surface area contributed by atoms with E-state index < -0.39 is 0 Å². The summed E-state index contributed by atoms with van der Waals surface area (Å²) in [5.41, 5.74) is 0. The quantitative estimate of drug-likeness (QED) is 0.396. The summed E-state index contributed by atoms with van der Waals surface area (Å²) < 4.78 is 0. The van der Waals surface area contributed by atoms with Crippen LogP contribution in [-0.2, 0) is 0 Å². The van der Waals surface area contributed by atoms with E-state index in [1.165, 1.54) is 29.3 Å². The topological polar surface area (TPSA) is 23.8 Å². The highest BCUT2D eigenvalue weighted by Crippen LogP contribution is 2.42. The van der Waals surface area contributed by atoms with Crippen molar-refractivity contribution in [2.24, 2.45) is 0 Å². The van der Waals surface area contributed by atoms with E-state index in [4.69, 9.17) is 5.26 Å². The Morgan fingerprint density at radius 1 is 0.636 bits per heavy atom. The number of hydrogen-bond acceptors (Lipinski definition) is 5. The fraction of sp³-hybridized carbons (Fsp3) is 0. The van der Waals surface area contributed by atoms with E-state index in [9.17, 15) is 0 Å². The zero-order valence-corrected chi connectivity index (χ0v) is 14.5. The van der Waals surface area contributed by atoms with Crippen LogP contribution in [0.4, 0.5) is 0 Å². The Bertz CT molecular complexity index is 947. The number of nitrogens with zero attached hydrogens (tertiary/aromatic N) is 1. The normalized spacial score (nSPS) is 10.7. The van der Waals surface area contributed by atoms with Crippen molar-refractivity contribution in [1.29, 1.82) is 5.26 Å². The lowest BCUT2D eigenvalue weighted by molar-refractivity contribution is 1.52. The summed E-state index contributed by atoms with van der Waals surface area (Å²) in [5.74, 6) is 0. The molecule has 0 radical (unpaired) electrons. The van der Waals surface area contributed by atoms with Gasteiger partial charge < -0.3 is 0 Å². The van der Waals surface area contributed by atoms with Crippen LogP contribution in [0.5, 0.6) is 0 Å². The third-order valence-electron chi connectivity index (χ3n) is 3.18. The monoisotopic (exact) mass is 355 g/mol. The summed E-state index contributed by atoms with van der Waals surface area (Å²) in [6, 6.07) is 19.1. The highest BCUT2D eigenvalue weighted by Gasteiger charge is 2.10. The largest absolute Gasteiger partial charge is 0.192 e. The molecule has 0 atom stereocenters. The minimum Gasteiger partial charge on any atom is -0.192 e. The van der Waals surface area contributed by atoms with Gasteiger partial charge in [-0.2, -0.15) is 5.26 Å². The van der Waals surface area contributed by atoms with Crippen molar-refractivity contribution in [2.45, 2.75) is 0 Å². The third kappa shape index (κ3) is 2.55. The Balaban J connectivity index is 1.66. The van der Waals surface area contributed by atoms with E-state index in [2.05, 4.69) is 47.8 Å². The molecule has 4 aromatic rings. The smallest absolute Gasteiger partial charge is 0.110 e. The molecule has 0 saturated carbocycles. The number of hydrogen-bond donors (Lipinski definition) is 0. The van der Waals surface area contributed by atoms with Crippen molar-refractivity contribution in [2.75, 3.05) is 0 Å². The fourth-order valence-corrected chi connectivity index (χ4v) is 5.99. The van der Waals surface area contributed by atoms with Crippen LogP contribution in [0.2, 0.25) is 0 Å². The Kier molecular flexibility index (Phi) is 3.68. The predicted octanol–water partition coefficient (Wildman–Crippen LogP) is 6.81. The molecule has 106 valence electrons. The van der Waals surface area contributed by atoms with E-state index in [1.54, 1.807) is 34.0 Å². The summed E-state index contributed by atoms with van der Waals surface area (Å²) in [6.45, 7) is 0. The molecule has 4 rings (SSSR count). The lowest BCUT2D eigenvalue weighted by Gasteiger charge is -1.91. The summed E-state index contributed by atoms with van der Waals surface area (Å²) in [7, 11) is 0.